The molecule has 1 atom stereocenters. The summed E-state index contributed by atoms with van der Waals surface area (Å²) in [4.78, 5) is 16.9. The van der Waals surface area contributed by atoms with E-state index in [0.29, 0.717) is 5.57 Å². The number of amides is 1. The highest BCUT2D eigenvalue weighted by atomic mass is 16.1. The number of para-hydroxylation sites is 2. The summed E-state index contributed by atoms with van der Waals surface area (Å²) in [6.45, 7) is 10.7. The van der Waals surface area contributed by atoms with Gasteiger partial charge in [-0.25, -0.2) is 4.98 Å². The van der Waals surface area contributed by atoms with E-state index in [9.17, 15) is 4.79 Å². The van der Waals surface area contributed by atoms with E-state index in [2.05, 4.69) is 35.5 Å². The van der Waals surface area contributed by atoms with Crippen molar-refractivity contribution < 1.29 is 4.79 Å². The van der Waals surface area contributed by atoms with Crippen LogP contribution in [0.4, 0.5) is 0 Å². The third-order valence-corrected chi connectivity index (χ3v) is 5.54. The average molecular weight is 398 g/mol. The van der Waals surface area contributed by atoms with Crippen LogP contribution in [0.3, 0.4) is 0 Å². The third kappa shape index (κ3) is 7.34. The second kappa shape index (κ2) is 12.5. The lowest BCUT2D eigenvalue weighted by atomic mass is 10.1. The van der Waals surface area contributed by atoms with Crippen LogP contribution in [0.25, 0.3) is 11.0 Å². The van der Waals surface area contributed by atoms with Crippen LogP contribution in [0.2, 0.25) is 0 Å². The van der Waals surface area contributed by atoms with Crippen LogP contribution in [-0.2, 0) is 11.3 Å². The molecule has 0 aliphatic heterocycles. The molecule has 1 amide bonds. The van der Waals surface area contributed by atoms with Gasteiger partial charge in [0.15, 0.2) is 0 Å². The minimum absolute atomic E-state index is 0.116. The highest BCUT2D eigenvalue weighted by Crippen LogP contribution is 2.22. The van der Waals surface area contributed by atoms with Crippen molar-refractivity contribution in [1.29, 1.82) is 0 Å². The van der Waals surface area contributed by atoms with Gasteiger partial charge in [0.1, 0.15) is 5.82 Å². The fourth-order valence-electron chi connectivity index (χ4n) is 3.80. The summed E-state index contributed by atoms with van der Waals surface area (Å²) in [7, 11) is 0. The molecule has 2 rings (SSSR count). The van der Waals surface area contributed by atoms with E-state index in [-0.39, 0.29) is 11.9 Å². The maximum Gasteiger partial charge on any atom is 0.246 e. The molecule has 4 nitrogen and oxygen atoms in total. The molecule has 1 heterocycles. The summed E-state index contributed by atoms with van der Waals surface area (Å²) in [6, 6.07) is 8.09. The fourth-order valence-corrected chi connectivity index (χ4v) is 3.80. The second-order valence-electron chi connectivity index (χ2n) is 8.27. The number of aromatic nitrogens is 2. The number of carbonyl (C=O) groups excluding carboxylic acids is 1. The number of carbonyl (C=O) groups is 1. The molecular weight excluding hydrogens is 358 g/mol. The van der Waals surface area contributed by atoms with Crippen LogP contribution in [-0.4, -0.2) is 15.5 Å². The van der Waals surface area contributed by atoms with Crippen LogP contribution < -0.4 is 5.32 Å². The quantitative estimate of drug-likeness (QED) is 0.284. The van der Waals surface area contributed by atoms with Gasteiger partial charge in [0.2, 0.25) is 5.91 Å². The highest BCUT2D eigenvalue weighted by molar-refractivity contribution is 5.92. The van der Waals surface area contributed by atoms with Gasteiger partial charge >= 0.3 is 0 Å². The van der Waals surface area contributed by atoms with Crippen LogP contribution in [0.1, 0.15) is 96.8 Å². The molecule has 0 saturated heterocycles. The van der Waals surface area contributed by atoms with Crippen molar-refractivity contribution in [2.75, 3.05) is 0 Å². The predicted octanol–water partition coefficient (Wildman–Crippen LogP) is 6.71. The fraction of sp³-hybridized carbons (Fsp3) is 0.600. The zero-order valence-electron chi connectivity index (χ0n) is 18.7. The van der Waals surface area contributed by atoms with Crippen molar-refractivity contribution in [1.82, 2.24) is 14.9 Å². The van der Waals surface area contributed by atoms with Gasteiger partial charge in [-0.1, -0.05) is 83.4 Å². The molecule has 0 fully saturated rings. The second-order valence-corrected chi connectivity index (χ2v) is 8.27. The van der Waals surface area contributed by atoms with Crippen molar-refractivity contribution in [3.63, 3.8) is 0 Å². The average Bonchev–Trinajstić information content (AvgIpc) is 3.08. The lowest BCUT2D eigenvalue weighted by molar-refractivity contribution is -0.118. The summed E-state index contributed by atoms with van der Waals surface area (Å²) in [6.07, 6.45) is 13.3. The van der Waals surface area contributed by atoms with Gasteiger partial charge < -0.3 is 9.88 Å². The normalized spacial score (nSPS) is 12.2. The lowest BCUT2D eigenvalue weighted by Gasteiger charge is -2.16. The largest absolute Gasteiger partial charge is 0.343 e. The van der Waals surface area contributed by atoms with E-state index in [0.717, 1.165) is 29.8 Å². The number of fused-ring (bicyclic) bond motifs is 1. The number of aryl methyl sites for hydroxylation is 1. The maximum atomic E-state index is 12.0. The number of hydrogen-bond donors (Lipinski definition) is 1. The topological polar surface area (TPSA) is 46.9 Å². The number of rotatable bonds is 14. The molecule has 2 aromatic rings. The molecule has 1 aromatic carbocycles. The third-order valence-electron chi connectivity index (χ3n) is 5.54. The van der Waals surface area contributed by atoms with Gasteiger partial charge in [-0.05, 0) is 32.4 Å². The first-order valence-electron chi connectivity index (χ1n) is 11.5. The molecule has 0 spiro atoms. The molecule has 29 heavy (non-hydrogen) atoms. The van der Waals surface area contributed by atoms with Crippen molar-refractivity contribution in [2.24, 2.45) is 0 Å². The van der Waals surface area contributed by atoms with E-state index in [1.165, 1.54) is 57.8 Å². The van der Waals surface area contributed by atoms with Gasteiger partial charge in [0, 0.05) is 12.1 Å². The number of nitrogens with zero attached hydrogens (tertiary/aromatic N) is 2. The number of imidazole rings is 1. The minimum atomic E-state index is -0.144. The Morgan fingerprint density at radius 3 is 2.24 bits per heavy atom. The first kappa shape index (κ1) is 23.2. The molecule has 0 bridgehead atoms. The van der Waals surface area contributed by atoms with E-state index in [1.807, 2.05) is 19.1 Å². The Morgan fingerprint density at radius 2 is 1.62 bits per heavy atom. The van der Waals surface area contributed by atoms with Crippen LogP contribution in [0, 0.1) is 0 Å². The zero-order valence-corrected chi connectivity index (χ0v) is 18.7. The van der Waals surface area contributed by atoms with Crippen molar-refractivity contribution in [2.45, 2.75) is 97.6 Å². The lowest BCUT2D eigenvalue weighted by Crippen LogP contribution is -2.29. The molecule has 0 saturated carbocycles. The standard InChI is InChI=1S/C25H39N3O/c1-5-6-7-8-9-10-11-12-13-16-19-28-23-18-15-14-17-22(23)27-24(28)21(4)26-25(29)20(2)3/h14-15,17-18,21H,2,5-13,16,19H2,1,3-4H3,(H,26,29). The SMILES string of the molecule is C=C(C)C(=O)NC(C)c1nc2ccccc2n1CCCCCCCCCCCC. The van der Waals surface area contributed by atoms with Gasteiger partial charge in [-0.15, -0.1) is 0 Å². The Balaban J connectivity index is 1.87. The molecule has 1 unspecified atom stereocenters. The molecule has 0 aliphatic rings. The Hall–Kier alpha value is -2.10. The van der Waals surface area contributed by atoms with E-state index in [1.54, 1.807) is 6.92 Å². The molecule has 1 N–H and O–H groups in total. The summed E-state index contributed by atoms with van der Waals surface area (Å²) < 4.78 is 2.28. The number of unbranched alkanes of at least 4 members (excludes halogenated alkanes) is 9. The van der Waals surface area contributed by atoms with Gasteiger partial charge in [-0.3, -0.25) is 4.79 Å². The van der Waals surface area contributed by atoms with E-state index >= 15 is 0 Å². The molecule has 160 valence electrons. The van der Waals surface area contributed by atoms with Gasteiger partial charge in [-0.2, -0.15) is 0 Å². The van der Waals surface area contributed by atoms with Gasteiger partial charge in [0.05, 0.1) is 17.1 Å². The van der Waals surface area contributed by atoms with Crippen molar-refractivity contribution >= 4 is 16.9 Å². The zero-order chi connectivity index (χ0) is 21.1. The molecule has 0 aliphatic carbocycles. The minimum Gasteiger partial charge on any atom is -0.343 e. The summed E-state index contributed by atoms with van der Waals surface area (Å²) in [5.41, 5.74) is 2.66. The van der Waals surface area contributed by atoms with Crippen LogP contribution >= 0.6 is 0 Å². The molecule has 4 heteroatoms. The van der Waals surface area contributed by atoms with Crippen molar-refractivity contribution in [3.05, 3.63) is 42.2 Å². The van der Waals surface area contributed by atoms with E-state index in [4.69, 9.17) is 4.98 Å². The predicted molar refractivity (Wildman–Crippen MR) is 123 cm³/mol. The van der Waals surface area contributed by atoms with Crippen LogP contribution in [0.15, 0.2) is 36.4 Å². The Bertz CT molecular complexity index is 777. The first-order chi connectivity index (χ1) is 14.0. The maximum absolute atomic E-state index is 12.0. The summed E-state index contributed by atoms with van der Waals surface area (Å²) in [5, 5.41) is 3.01. The highest BCUT2D eigenvalue weighted by Gasteiger charge is 2.18. The molecular formula is C25H39N3O. The first-order valence-corrected chi connectivity index (χ1v) is 11.5. The number of benzene rings is 1. The number of nitrogens with one attached hydrogen (secondary N) is 1. The Labute approximate surface area is 176 Å². The number of hydrogen-bond acceptors (Lipinski definition) is 2. The molecule has 1 aromatic heterocycles. The molecule has 0 radical (unpaired) electrons. The summed E-state index contributed by atoms with van der Waals surface area (Å²) >= 11 is 0. The monoisotopic (exact) mass is 397 g/mol. The smallest absolute Gasteiger partial charge is 0.246 e. The van der Waals surface area contributed by atoms with E-state index < -0.39 is 0 Å². The summed E-state index contributed by atoms with van der Waals surface area (Å²) in [5.74, 6) is 0.812. The Morgan fingerprint density at radius 1 is 1.03 bits per heavy atom. The van der Waals surface area contributed by atoms with Crippen molar-refractivity contribution in [3.8, 4) is 0 Å². The Kier molecular flexibility index (Phi) is 9.96. The van der Waals surface area contributed by atoms with Crippen LogP contribution in [0.5, 0.6) is 0 Å². The van der Waals surface area contributed by atoms with Gasteiger partial charge in [0.25, 0.3) is 0 Å².